The minimum absolute atomic E-state index is 0.311. The molecule has 120 valence electrons. The van der Waals surface area contributed by atoms with Gasteiger partial charge in [0.2, 0.25) is 10.0 Å². The number of methoxy groups -OCH3 is 1. The second-order valence-electron chi connectivity index (χ2n) is 5.55. The quantitative estimate of drug-likeness (QED) is 0.753. The molecule has 1 aliphatic rings. The molecule has 0 bridgehead atoms. The van der Waals surface area contributed by atoms with Crippen LogP contribution in [0.25, 0.3) is 0 Å². The van der Waals surface area contributed by atoms with Crippen LogP contribution in [-0.2, 0) is 27.8 Å². The average molecular weight is 315 g/mol. The van der Waals surface area contributed by atoms with Crippen LogP contribution in [0.15, 0.2) is 17.2 Å². The number of sulfonamides is 1. The van der Waals surface area contributed by atoms with Crippen LogP contribution in [0.4, 0.5) is 0 Å². The summed E-state index contributed by atoms with van der Waals surface area (Å²) in [5.41, 5.74) is 0.652. The van der Waals surface area contributed by atoms with Gasteiger partial charge in [0, 0.05) is 38.6 Å². The number of nitrogens with one attached hydrogen (secondary N) is 2. The topological polar surface area (TPSA) is 72.4 Å². The first-order valence-corrected chi connectivity index (χ1v) is 8.83. The molecule has 0 unspecified atom stereocenters. The first-order chi connectivity index (χ1) is 9.96. The summed E-state index contributed by atoms with van der Waals surface area (Å²) in [6.07, 6.45) is 4.60. The van der Waals surface area contributed by atoms with Gasteiger partial charge in [-0.05, 0) is 39.3 Å². The van der Waals surface area contributed by atoms with Crippen LogP contribution in [0.2, 0.25) is 0 Å². The summed E-state index contributed by atoms with van der Waals surface area (Å²) in [5, 5.41) is 3.05. The highest BCUT2D eigenvalue weighted by Crippen LogP contribution is 2.34. The van der Waals surface area contributed by atoms with Crippen molar-refractivity contribution < 1.29 is 13.2 Å². The van der Waals surface area contributed by atoms with Crippen molar-refractivity contribution in [1.29, 1.82) is 0 Å². The van der Waals surface area contributed by atoms with E-state index in [0.717, 1.165) is 31.5 Å². The molecule has 0 saturated heterocycles. The van der Waals surface area contributed by atoms with Crippen LogP contribution in [0.1, 0.15) is 31.9 Å². The second-order valence-corrected chi connectivity index (χ2v) is 7.32. The molecule has 1 heterocycles. The smallest absolute Gasteiger partial charge is 0.242 e. The minimum Gasteiger partial charge on any atom is -0.377 e. The van der Waals surface area contributed by atoms with Gasteiger partial charge in [-0.15, -0.1) is 0 Å². The van der Waals surface area contributed by atoms with Crippen LogP contribution in [-0.4, -0.2) is 39.3 Å². The molecular formula is C14H25N3O3S. The molecule has 1 aliphatic carbocycles. The Balaban J connectivity index is 2.12. The highest BCUT2D eigenvalue weighted by molar-refractivity contribution is 7.89. The Morgan fingerprint density at radius 3 is 2.62 bits per heavy atom. The van der Waals surface area contributed by atoms with E-state index in [1.54, 1.807) is 19.4 Å². The van der Waals surface area contributed by atoms with Crippen molar-refractivity contribution in [3.63, 3.8) is 0 Å². The minimum atomic E-state index is -3.49. The summed E-state index contributed by atoms with van der Waals surface area (Å²) >= 11 is 0. The number of nitrogens with zero attached hydrogens (tertiary/aromatic N) is 1. The molecule has 0 amide bonds. The summed E-state index contributed by atoms with van der Waals surface area (Å²) in [7, 11) is 0.00202. The molecule has 21 heavy (non-hydrogen) atoms. The van der Waals surface area contributed by atoms with E-state index in [9.17, 15) is 8.42 Å². The number of hydrogen-bond donors (Lipinski definition) is 2. The Morgan fingerprint density at radius 1 is 1.43 bits per heavy atom. The number of aromatic nitrogens is 1. The number of rotatable bonds is 8. The standard InChI is InChI=1S/C14H25N3O3S/c1-4-17-10-13(8-12(17)9-15-2)21(18,19)16-11-14(20-3)6-5-7-14/h8,10,15-16H,4-7,9,11H2,1-3H3. The molecular weight excluding hydrogens is 290 g/mol. The van der Waals surface area contributed by atoms with Crippen LogP contribution in [0, 0.1) is 0 Å². The molecule has 2 N–H and O–H groups in total. The Kier molecular flexibility index (Phi) is 5.08. The normalized spacial score (nSPS) is 17.7. The molecule has 1 fully saturated rings. The van der Waals surface area contributed by atoms with Gasteiger partial charge in [0.1, 0.15) is 0 Å². The average Bonchev–Trinajstić information content (AvgIpc) is 2.82. The maximum Gasteiger partial charge on any atom is 0.242 e. The molecule has 1 aromatic rings. The van der Waals surface area contributed by atoms with E-state index >= 15 is 0 Å². The molecule has 2 rings (SSSR count). The fraction of sp³-hybridized carbons (Fsp3) is 0.714. The van der Waals surface area contributed by atoms with Gasteiger partial charge in [-0.25, -0.2) is 13.1 Å². The maximum atomic E-state index is 12.4. The number of ether oxygens (including phenoxy) is 1. The van der Waals surface area contributed by atoms with E-state index in [0.29, 0.717) is 18.0 Å². The van der Waals surface area contributed by atoms with Crippen molar-refractivity contribution in [3.8, 4) is 0 Å². The molecule has 0 aliphatic heterocycles. The fourth-order valence-electron chi connectivity index (χ4n) is 2.63. The molecule has 0 aromatic carbocycles. The van der Waals surface area contributed by atoms with E-state index in [1.165, 1.54) is 0 Å². The lowest BCUT2D eigenvalue weighted by atomic mass is 9.80. The molecule has 0 atom stereocenters. The highest BCUT2D eigenvalue weighted by atomic mass is 32.2. The van der Waals surface area contributed by atoms with Crippen LogP contribution in [0.5, 0.6) is 0 Å². The van der Waals surface area contributed by atoms with Crippen molar-refractivity contribution >= 4 is 10.0 Å². The van der Waals surface area contributed by atoms with Gasteiger partial charge in [0.05, 0.1) is 10.5 Å². The third kappa shape index (κ3) is 3.48. The van der Waals surface area contributed by atoms with E-state index in [2.05, 4.69) is 10.0 Å². The van der Waals surface area contributed by atoms with Gasteiger partial charge in [0.25, 0.3) is 0 Å². The summed E-state index contributed by atoms with van der Waals surface area (Å²) in [6, 6.07) is 1.72. The zero-order chi connectivity index (χ0) is 15.5. The number of aryl methyl sites for hydroxylation is 1. The third-order valence-corrected chi connectivity index (χ3v) is 5.62. The molecule has 0 radical (unpaired) electrons. The zero-order valence-electron chi connectivity index (χ0n) is 13.0. The summed E-state index contributed by atoms with van der Waals surface area (Å²) in [4.78, 5) is 0.320. The summed E-state index contributed by atoms with van der Waals surface area (Å²) < 4.78 is 34.9. The lowest BCUT2D eigenvalue weighted by molar-refractivity contribution is -0.0659. The van der Waals surface area contributed by atoms with Gasteiger partial charge in [-0.3, -0.25) is 0 Å². The van der Waals surface area contributed by atoms with Crippen molar-refractivity contribution in [3.05, 3.63) is 18.0 Å². The highest BCUT2D eigenvalue weighted by Gasteiger charge is 2.38. The SMILES string of the molecule is CCn1cc(S(=O)(=O)NCC2(OC)CCC2)cc1CNC. The zero-order valence-corrected chi connectivity index (χ0v) is 13.8. The number of hydrogen-bond acceptors (Lipinski definition) is 4. The van der Waals surface area contributed by atoms with Crippen molar-refractivity contribution in [2.45, 2.75) is 49.8 Å². The Labute approximate surface area is 126 Å². The Hall–Kier alpha value is -0.890. The van der Waals surface area contributed by atoms with Crippen molar-refractivity contribution in [2.24, 2.45) is 0 Å². The summed E-state index contributed by atoms with van der Waals surface area (Å²) in [6.45, 7) is 3.72. The second kappa shape index (κ2) is 6.48. The predicted octanol–water partition coefficient (Wildman–Crippen LogP) is 1.07. The van der Waals surface area contributed by atoms with Gasteiger partial charge < -0.3 is 14.6 Å². The third-order valence-electron chi connectivity index (χ3n) is 4.25. The molecule has 1 saturated carbocycles. The van der Waals surface area contributed by atoms with Crippen molar-refractivity contribution in [1.82, 2.24) is 14.6 Å². The molecule has 1 aromatic heterocycles. The lowest BCUT2D eigenvalue weighted by Gasteiger charge is -2.40. The summed E-state index contributed by atoms with van der Waals surface area (Å²) in [5.74, 6) is 0. The first kappa shape index (κ1) is 16.5. The fourth-order valence-corrected chi connectivity index (χ4v) is 3.81. The maximum absolute atomic E-state index is 12.4. The predicted molar refractivity (Wildman–Crippen MR) is 81.6 cm³/mol. The van der Waals surface area contributed by atoms with Crippen LogP contribution < -0.4 is 10.0 Å². The Bertz CT molecular complexity index is 571. The van der Waals surface area contributed by atoms with Crippen LogP contribution >= 0.6 is 0 Å². The molecule has 7 heteroatoms. The van der Waals surface area contributed by atoms with Gasteiger partial charge in [0.15, 0.2) is 0 Å². The lowest BCUT2D eigenvalue weighted by Crippen LogP contribution is -2.49. The first-order valence-electron chi connectivity index (χ1n) is 7.35. The van der Waals surface area contributed by atoms with E-state index in [1.807, 2.05) is 18.5 Å². The van der Waals surface area contributed by atoms with Crippen molar-refractivity contribution in [2.75, 3.05) is 20.7 Å². The van der Waals surface area contributed by atoms with Gasteiger partial charge >= 0.3 is 0 Å². The molecule has 0 spiro atoms. The van der Waals surface area contributed by atoms with E-state index in [4.69, 9.17) is 4.74 Å². The van der Waals surface area contributed by atoms with Crippen LogP contribution in [0.3, 0.4) is 0 Å². The Morgan fingerprint density at radius 2 is 2.14 bits per heavy atom. The van der Waals surface area contributed by atoms with Gasteiger partial charge in [-0.2, -0.15) is 0 Å². The molecule has 6 nitrogen and oxygen atoms in total. The largest absolute Gasteiger partial charge is 0.377 e. The van der Waals surface area contributed by atoms with Gasteiger partial charge in [-0.1, -0.05) is 0 Å². The monoisotopic (exact) mass is 315 g/mol. The van der Waals surface area contributed by atoms with E-state index < -0.39 is 10.0 Å². The van der Waals surface area contributed by atoms with E-state index in [-0.39, 0.29) is 5.60 Å².